The fraction of sp³-hybridized carbons (Fsp3) is 1.00. The first-order valence-corrected chi connectivity index (χ1v) is 23.2. The summed E-state index contributed by atoms with van der Waals surface area (Å²) in [6, 6.07) is 0. The van der Waals surface area contributed by atoms with E-state index in [0.29, 0.717) is 0 Å². The highest BCUT2D eigenvalue weighted by Crippen LogP contribution is 2.39. The molecule has 6 saturated carbocycles. The van der Waals surface area contributed by atoms with Crippen molar-refractivity contribution >= 4 is 18.1 Å². The summed E-state index contributed by atoms with van der Waals surface area (Å²) in [7, 11) is -7.52. The molecule has 0 saturated heterocycles. The van der Waals surface area contributed by atoms with Gasteiger partial charge in [0.05, 0.1) is 36.6 Å². The van der Waals surface area contributed by atoms with Crippen molar-refractivity contribution in [2.24, 2.45) is 0 Å². The highest BCUT2D eigenvalue weighted by Gasteiger charge is 2.64. The van der Waals surface area contributed by atoms with Crippen LogP contribution in [0.15, 0.2) is 0 Å². The molecule has 9 heteroatoms. The van der Waals surface area contributed by atoms with E-state index in [2.05, 4.69) is 0 Å². The molecule has 0 bridgehead atoms. The summed E-state index contributed by atoms with van der Waals surface area (Å²) in [5.74, 6) is 0. The molecule has 0 unspecified atom stereocenters. The van der Waals surface area contributed by atoms with E-state index in [4.69, 9.17) is 30.7 Å². The summed E-state index contributed by atoms with van der Waals surface area (Å²) < 4.78 is 51.2. The predicted molar refractivity (Wildman–Crippen MR) is 180 cm³/mol. The number of rotatable bonds is 14. The SMILES string of the molecule is C1CCC(O[Si](OC2CCCCC2)(OC2CCCCC2)O[Si](OC2CCCCC2)(OC2CCCCC2)OC2CCCCC2)CC1. The van der Waals surface area contributed by atoms with Crippen LogP contribution in [0.1, 0.15) is 193 Å². The molecule has 6 aliphatic rings. The first kappa shape index (κ1) is 35.0. The zero-order chi connectivity index (χ0) is 30.6. The molecule has 0 aliphatic heterocycles. The van der Waals surface area contributed by atoms with Crippen LogP contribution in [0.4, 0.5) is 0 Å². The fourth-order valence-electron chi connectivity index (χ4n) is 8.79. The Hall–Kier alpha value is 0.154. The van der Waals surface area contributed by atoms with Gasteiger partial charge >= 0.3 is 18.1 Å². The summed E-state index contributed by atoms with van der Waals surface area (Å²) in [5, 5.41) is 0. The molecular weight excluding hydrogens is 601 g/mol. The van der Waals surface area contributed by atoms with Crippen LogP contribution in [-0.4, -0.2) is 54.7 Å². The standard InChI is InChI=1S/C36H66O7Si2/c1-7-19-31(20-8-1)37-44(38-32-21-9-2-10-22-32,39-33-23-11-3-12-24-33)43-45(40-34-25-13-4-14-26-34,41-35-27-15-5-16-28-35)42-36-29-17-6-18-30-36/h31-36H,1-30H2. The van der Waals surface area contributed by atoms with Gasteiger partial charge in [0.1, 0.15) is 0 Å². The Labute approximate surface area is 277 Å². The Balaban J connectivity index is 1.37. The van der Waals surface area contributed by atoms with E-state index in [9.17, 15) is 0 Å². The summed E-state index contributed by atoms with van der Waals surface area (Å²) in [4.78, 5) is 0. The first-order valence-electron chi connectivity index (χ1n) is 19.9. The maximum absolute atomic E-state index is 7.59. The van der Waals surface area contributed by atoms with Crippen molar-refractivity contribution in [3.63, 3.8) is 0 Å². The van der Waals surface area contributed by atoms with Crippen LogP contribution >= 0.6 is 0 Å². The normalized spacial score (nSPS) is 27.2. The highest BCUT2D eigenvalue weighted by atomic mass is 28.5. The van der Waals surface area contributed by atoms with Crippen LogP contribution in [0.3, 0.4) is 0 Å². The molecule has 0 aromatic heterocycles. The first-order chi connectivity index (χ1) is 22.2. The average molecular weight is 667 g/mol. The lowest BCUT2D eigenvalue weighted by atomic mass is 9.98. The highest BCUT2D eigenvalue weighted by molar-refractivity contribution is 6.68. The van der Waals surface area contributed by atoms with Crippen LogP contribution in [0.2, 0.25) is 0 Å². The van der Waals surface area contributed by atoms with Gasteiger partial charge in [0.2, 0.25) is 0 Å². The molecule has 260 valence electrons. The van der Waals surface area contributed by atoms with Crippen molar-refractivity contribution in [3.8, 4) is 0 Å². The van der Waals surface area contributed by atoms with Crippen molar-refractivity contribution in [2.45, 2.75) is 229 Å². The molecule has 0 spiro atoms. The molecule has 7 nitrogen and oxygen atoms in total. The van der Waals surface area contributed by atoms with Crippen LogP contribution < -0.4 is 0 Å². The van der Waals surface area contributed by atoms with Gasteiger partial charge in [0.15, 0.2) is 0 Å². The van der Waals surface area contributed by atoms with Crippen molar-refractivity contribution < 1.29 is 30.7 Å². The van der Waals surface area contributed by atoms with E-state index in [-0.39, 0.29) is 36.6 Å². The molecule has 0 radical (unpaired) electrons. The summed E-state index contributed by atoms with van der Waals surface area (Å²) >= 11 is 0. The number of hydrogen-bond acceptors (Lipinski definition) is 7. The molecule has 0 N–H and O–H groups in total. The van der Waals surface area contributed by atoms with E-state index in [1.165, 1.54) is 116 Å². The van der Waals surface area contributed by atoms with Gasteiger partial charge in [0.25, 0.3) is 0 Å². The zero-order valence-electron chi connectivity index (χ0n) is 28.5. The van der Waals surface area contributed by atoms with Crippen molar-refractivity contribution in [1.29, 1.82) is 0 Å². The topological polar surface area (TPSA) is 64.6 Å². The van der Waals surface area contributed by atoms with Gasteiger partial charge < -0.3 is 30.7 Å². The molecule has 0 atom stereocenters. The third-order valence-corrected chi connectivity index (χ3v) is 17.2. The monoisotopic (exact) mass is 666 g/mol. The minimum absolute atomic E-state index is 0.100. The second kappa shape index (κ2) is 18.2. The minimum Gasteiger partial charge on any atom is -0.349 e. The molecule has 0 amide bonds. The van der Waals surface area contributed by atoms with Gasteiger partial charge in [-0.1, -0.05) is 116 Å². The van der Waals surface area contributed by atoms with E-state index >= 15 is 0 Å². The summed E-state index contributed by atoms with van der Waals surface area (Å²) in [6.07, 6.45) is 35.2. The summed E-state index contributed by atoms with van der Waals surface area (Å²) in [6.45, 7) is 0. The molecule has 0 aromatic carbocycles. The molecule has 0 heterocycles. The lowest BCUT2D eigenvalue weighted by Gasteiger charge is -2.45. The average Bonchev–Trinajstić information content (AvgIpc) is 3.07. The van der Waals surface area contributed by atoms with Gasteiger partial charge in [-0.15, -0.1) is 0 Å². The Morgan fingerprint density at radius 1 is 0.222 bits per heavy atom. The Bertz CT molecular complexity index is 646. The third kappa shape index (κ3) is 11.1. The Morgan fingerprint density at radius 2 is 0.378 bits per heavy atom. The molecule has 6 fully saturated rings. The Morgan fingerprint density at radius 3 is 0.533 bits per heavy atom. The van der Waals surface area contributed by atoms with Gasteiger partial charge in [-0.05, 0) is 77.0 Å². The molecule has 0 aromatic rings. The largest absolute Gasteiger partial charge is 0.674 e. The molecule has 6 aliphatic carbocycles. The van der Waals surface area contributed by atoms with E-state index in [1.807, 2.05) is 0 Å². The predicted octanol–water partition coefficient (Wildman–Crippen LogP) is 9.97. The molecule has 45 heavy (non-hydrogen) atoms. The quantitative estimate of drug-likeness (QED) is 0.171. The van der Waals surface area contributed by atoms with Crippen molar-refractivity contribution in [3.05, 3.63) is 0 Å². The van der Waals surface area contributed by atoms with Crippen LogP contribution in [0.5, 0.6) is 0 Å². The number of hydrogen-bond donors (Lipinski definition) is 0. The van der Waals surface area contributed by atoms with Gasteiger partial charge in [-0.3, -0.25) is 0 Å². The van der Waals surface area contributed by atoms with Crippen molar-refractivity contribution in [2.75, 3.05) is 0 Å². The van der Waals surface area contributed by atoms with Gasteiger partial charge in [-0.2, -0.15) is 0 Å². The zero-order valence-corrected chi connectivity index (χ0v) is 30.5. The second-order valence-electron chi connectivity index (χ2n) is 15.4. The lowest BCUT2D eigenvalue weighted by Crippen LogP contribution is -2.67. The van der Waals surface area contributed by atoms with Crippen LogP contribution in [-0.2, 0) is 30.7 Å². The lowest BCUT2D eigenvalue weighted by molar-refractivity contribution is -0.136. The van der Waals surface area contributed by atoms with Crippen LogP contribution in [0.25, 0.3) is 0 Å². The van der Waals surface area contributed by atoms with Crippen molar-refractivity contribution in [1.82, 2.24) is 0 Å². The third-order valence-electron chi connectivity index (χ3n) is 11.4. The minimum atomic E-state index is -3.76. The fourth-order valence-corrected chi connectivity index (χ4v) is 15.4. The van der Waals surface area contributed by atoms with Gasteiger partial charge in [-0.25, -0.2) is 0 Å². The smallest absolute Gasteiger partial charge is 0.349 e. The molecule has 6 rings (SSSR count). The van der Waals surface area contributed by atoms with Gasteiger partial charge in [0, 0.05) is 0 Å². The van der Waals surface area contributed by atoms with E-state index in [1.54, 1.807) is 0 Å². The Kier molecular flexibility index (Phi) is 14.2. The second-order valence-corrected chi connectivity index (χ2v) is 19.6. The molecular formula is C36H66O7Si2. The van der Waals surface area contributed by atoms with E-state index in [0.717, 1.165) is 77.0 Å². The maximum atomic E-state index is 7.59. The van der Waals surface area contributed by atoms with Crippen LogP contribution in [0, 0.1) is 0 Å². The summed E-state index contributed by atoms with van der Waals surface area (Å²) in [5.41, 5.74) is 0. The van der Waals surface area contributed by atoms with E-state index < -0.39 is 18.1 Å². The maximum Gasteiger partial charge on any atom is 0.674 e.